The summed E-state index contributed by atoms with van der Waals surface area (Å²) in [5.41, 5.74) is 9.41. The van der Waals surface area contributed by atoms with Crippen LogP contribution in [0.4, 0.5) is 0 Å². The molecule has 2 atom stereocenters. The van der Waals surface area contributed by atoms with Crippen LogP contribution in [0.15, 0.2) is 6.07 Å². The van der Waals surface area contributed by atoms with Gasteiger partial charge < -0.3 is 0 Å². The molecule has 2 unspecified atom stereocenters. The van der Waals surface area contributed by atoms with E-state index in [0.29, 0.717) is 10.8 Å². The van der Waals surface area contributed by atoms with Crippen LogP contribution in [0.1, 0.15) is 99.5 Å². The summed E-state index contributed by atoms with van der Waals surface area (Å²) in [6, 6.07) is 2.57. The van der Waals surface area contributed by atoms with Crippen LogP contribution in [0.3, 0.4) is 0 Å². The van der Waals surface area contributed by atoms with Crippen LogP contribution in [-0.4, -0.2) is 0 Å². The molecule has 0 heterocycles. The third-order valence-corrected chi connectivity index (χ3v) is 6.57. The predicted octanol–water partition coefficient (Wildman–Crippen LogP) is 5.71. The maximum atomic E-state index is 2.57. The van der Waals surface area contributed by atoms with Crippen LogP contribution in [-0.2, 0) is 10.8 Å². The fourth-order valence-electron chi connectivity index (χ4n) is 5.75. The van der Waals surface area contributed by atoms with Gasteiger partial charge in [-0.2, -0.15) is 0 Å². The Morgan fingerprint density at radius 2 is 1.60 bits per heavy atom. The minimum atomic E-state index is 0.389. The predicted molar refractivity (Wildman–Crippen MR) is 85.8 cm³/mol. The molecule has 0 amide bonds. The van der Waals surface area contributed by atoms with Crippen LogP contribution < -0.4 is 0 Å². The molecule has 3 aliphatic rings. The highest BCUT2D eigenvalue weighted by Crippen LogP contribution is 2.59. The summed E-state index contributed by atoms with van der Waals surface area (Å²) >= 11 is 0. The van der Waals surface area contributed by atoms with Crippen molar-refractivity contribution in [2.75, 3.05) is 0 Å². The van der Waals surface area contributed by atoms with E-state index in [1.54, 1.807) is 16.7 Å². The van der Waals surface area contributed by atoms with E-state index in [-0.39, 0.29) is 0 Å². The minimum absolute atomic E-state index is 0.389. The summed E-state index contributed by atoms with van der Waals surface area (Å²) in [5.74, 6) is 1.73. The van der Waals surface area contributed by atoms with Crippen molar-refractivity contribution < 1.29 is 0 Å². The molecule has 0 fully saturated rings. The highest BCUT2D eigenvalue weighted by Gasteiger charge is 2.46. The number of hydrogen-bond acceptors (Lipinski definition) is 0. The molecule has 0 radical (unpaired) electrons. The fraction of sp³-hybridized carbons (Fsp3) is 0.700. The average molecular weight is 268 g/mol. The van der Waals surface area contributed by atoms with Gasteiger partial charge in [0.15, 0.2) is 0 Å². The average Bonchev–Trinajstić information content (AvgIpc) is 2.63. The highest BCUT2D eigenvalue weighted by atomic mass is 14.5. The first kappa shape index (κ1) is 12.9. The van der Waals surface area contributed by atoms with Crippen LogP contribution in [0, 0.1) is 6.92 Å². The molecule has 0 aliphatic heterocycles. The Morgan fingerprint density at radius 1 is 0.900 bits per heavy atom. The summed E-state index contributed by atoms with van der Waals surface area (Å²) in [6.07, 6.45) is 7.06. The van der Waals surface area contributed by atoms with Crippen molar-refractivity contribution in [2.24, 2.45) is 0 Å². The van der Waals surface area contributed by atoms with E-state index in [9.17, 15) is 0 Å². The topological polar surface area (TPSA) is 0 Å². The van der Waals surface area contributed by atoms with Crippen LogP contribution >= 0.6 is 0 Å². The van der Waals surface area contributed by atoms with Gasteiger partial charge in [0.25, 0.3) is 0 Å². The van der Waals surface area contributed by atoms with Gasteiger partial charge in [0.2, 0.25) is 0 Å². The second-order valence-electron chi connectivity index (χ2n) is 8.93. The number of benzene rings is 1. The zero-order valence-corrected chi connectivity index (χ0v) is 13.8. The maximum Gasteiger partial charge on any atom is -0.00922 e. The van der Waals surface area contributed by atoms with Crippen LogP contribution in [0.25, 0.3) is 0 Å². The highest BCUT2D eigenvalue weighted by molar-refractivity contribution is 5.58. The van der Waals surface area contributed by atoms with Gasteiger partial charge in [0.1, 0.15) is 0 Å². The number of aryl methyl sites for hydroxylation is 1. The van der Waals surface area contributed by atoms with E-state index in [2.05, 4.69) is 40.7 Å². The third kappa shape index (κ3) is 1.49. The van der Waals surface area contributed by atoms with Gasteiger partial charge in [-0.1, -0.05) is 33.8 Å². The number of rotatable bonds is 0. The van der Waals surface area contributed by atoms with E-state index in [1.165, 1.54) is 32.1 Å². The van der Waals surface area contributed by atoms with Gasteiger partial charge in [-0.15, -0.1) is 0 Å². The SMILES string of the molecule is Cc1cc2c3c4c1C(C)(C)CC4CCC3CCC2(C)C. The van der Waals surface area contributed by atoms with Gasteiger partial charge in [-0.3, -0.25) is 0 Å². The first-order valence-corrected chi connectivity index (χ1v) is 8.49. The van der Waals surface area contributed by atoms with Crippen molar-refractivity contribution in [3.63, 3.8) is 0 Å². The Kier molecular flexibility index (Phi) is 2.39. The Bertz CT molecular complexity index is 589. The summed E-state index contributed by atoms with van der Waals surface area (Å²) < 4.78 is 0. The summed E-state index contributed by atoms with van der Waals surface area (Å²) in [5, 5.41) is 0. The smallest absolute Gasteiger partial charge is 0.00922 e. The van der Waals surface area contributed by atoms with Crippen molar-refractivity contribution in [1.29, 1.82) is 0 Å². The monoisotopic (exact) mass is 268 g/mol. The molecule has 4 rings (SSSR count). The zero-order valence-electron chi connectivity index (χ0n) is 13.8. The lowest BCUT2D eigenvalue weighted by molar-refractivity contribution is 0.347. The molecule has 0 bridgehead atoms. The second-order valence-corrected chi connectivity index (χ2v) is 8.93. The lowest BCUT2D eigenvalue weighted by Gasteiger charge is -2.42. The van der Waals surface area contributed by atoms with Crippen molar-refractivity contribution in [1.82, 2.24) is 0 Å². The summed E-state index contributed by atoms with van der Waals surface area (Å²) in [4.78, 5) is 0. The lowest BCUT2D eigenvalue weighted by atomic mass is 9.62. The molecule has 3 aliphatic carbocycles. The standard InChI is InChI=1S/C20H28/c1-12-10-15-16-13(8-9-19(15,2)3)6-7-14-11-20(4,5)18(12)17(14)16/h10,13-14H,6-9,11H2,1-5H3. The first-order valence-electron chi connectivity index (χ1n) is 8.49. The molecule has 0 saturated carbocycles. The van der Waals surface area contributed by atoms with E-state index in [0.717, 1.165) is 11.8 Å². The van der Waals surface area contributed by atoms with Gasteiger partial charge >= 0.3 is 0 Å². The Balaban J connectivity index is 2.08. The largest absolute Gasteiger partial charge is 0.0558 e. The van der Waals surface area contributed by atoms with Crippen molar-refractivity contribution >= 4 is 0 Å². The molecule has 0 N–H and O–H groups in total. The third-order valence-electron chi connectivity index (χ3n) is 6.57. The van der Waals surface area contributed by atoms with Crippen molar-refractivity contribution in [3.8, 4) is 0 Å². The fourth-order valence-corrected chi connectivity index (χ4v) is 5.75. The molecule has 0 saturated heterocycles. The molecule has 1 aromatic rings. The summed E-state index contributed by atoms with van der Waals surface area (Å²) in [6.45, 7) is 12.2. The van der Waals surface area contributed by atoms with E-state index >= 15 is 0 Å². The molecule has 20 heavy (non-hydrogen) atoms. The molecule has 0 aromatic heterocycles. The van der Waals surface area contributed by atoms with Gasteiger partial charge in [0.05, 0.1) is 0 Å². The van der Waals surface area contributed by atoms with E-state index < -0.39 is 0 Å². The Labute approximate surface area is 124 Å². The minimum Gasteiger partial charge on any atom is -0.0558 e. The molecule has 0 nitrogen and oxygen atoms in total. The molecule has 0 spiro atoms. The van der Waals surface area contributed by atoms with Crippen molar-refractivity contribution in [2.45, 2.75) is 89.4 Å². The van der Waals surface area contributed by atoms with Gasteiger partial charge in [-0.25, -0.2) is 0 Å². The van der Waals surface area contributed by atoms with Crippen LogP contribution in [0.5, 0.6) is 0 Å². The maximum absolute atomic E-state index is 2.57. The summed E-state index contributed by atoms with van der Waals surface area (Å²) in [7, 11) is 0. The molecular weight excluding hydrogens is 240 g/mol. The Hall–Kier alpha value is -0.780. The van der Waals surface area contributed by atoms with E-state index in [1.807, 2.05) is 11.1 Å². The zero-order chi connectivity index (χ0) is 14.3. The van der Waals surface area contributed by atoms with Gasteiger partial charge in [0, 0.05) is 0 Å². The van der Waals surface area contributed by atoms with Crippen molar-refractivity contribution in [3.05, 3.63) is 33.9 Å². The number of hydrogen-bond donors (Lipinski definition) is 0. The molecule has 0 heteroatoms. The normalized spacial score (nSPS) is 32.0. The van der Waals surface area contributed by atoms with Crippen LogP contribution in [0.2, 0.25) is 0 Å². The van der Waals surface area contributed by atoms with Gasteiger partial charge in [-0.05, 0) is 89.5 Å². The van der Waals surface area contributed by atoms with E-state index in [4.69, 9.17) is 0 Å². The quantitative estimate of drug-likeness (QED) is 0.565. The first-order chi connectivity index (χ1) is 9.31. The molecular formula is C20H28. The molecule has 1 aromatic carbocycles. The lowest BCUT2D eigenvalue weighted by Crippen LogP contribution is -2.30. The molecule has 108 valence electrons. The second kappa shape index (κ2) is 3.70. The Morgan fingerprint density at radius 3 is 2.35 bits per heavy atom.